The lowest BCUT2D eigenvalue weighted by molar-refractivity contribution is -0.127. The molecule has 1 aromatic carbocycles. The number of piperidine rings is 1. The Morgan fingerprint density at radius 3 is 2.26 bits per heavy atom. The highest BCUT2D eigenvalue weighted by Gasteiger charge is 2.27. The molecule has 2 saturated carbocycles. The number of anilines is 2. The number of fused-ring (bicyclic) bond motifs is 1. The Hall–Kier alpha value is -2.86. The lowest BCUT2D eigenvalue weighted by atomic mass is 9.92. The van der Waals surface area contributed by atoms with Crippen LogP contribution in [0, 0.1) is 6.92 Å². The number of imidazole rings is 1. The molecule has 1 aliphatic heterocycles. The summed E-state index contributed by atoms with van der Waals surface area (Å²) in [6.45, 7) is 3.18. The van der Waals surface area contributed by atoms with E-state index in [1.165, 1.54) is 12.8 Å². The predicted octanol–water partition coefficient (Wildman–Crippen LogP) is 5.78. The van der Waals surface area contributed by atoms with Crippen LogP contribution < -0.4 is 21.1 Å². The molecule has 3 aliphatic rings. The van der Waals surface area contributed by atoms with Crippen LogP contribution in [0.2, 0.25) is 0 Å². The van der Waals surface area contributed by atoms with Crippen molar-refractivity contribution in [1.82, 2.24) is 24.6 Å². The van der Waals surface area contributed by atoms with Crippen LogP contribution in [0.25, 0.3) is 11.2 Å². The van der Waals surface area contributed by atoms with Crippen LogP contribution in [0.15, 0.2) is 30.6 Å². The maximum Gasteiger partial charge on any atom is 0.533 e. The fourth-order valence-electron chi connectivity index (χ4n) is 6.09. The van der Waals surface area contributed by atoms with Gasteiger partial charge in [-0.3, -0.25) is 0 Å². The van der Waals surface area contributed by atoms with Gasteiger partial charge in [-0.25, -0.2) is 9.78 Å². The SMILES string of the molecule is Cc1ccc(OC(=O)ON2CCC(Nc3nc(NC4CCC(N)CC4)nc4c3ncn4C3CCCC3)CC2)cc1.Cl.Cl. The number of rotatable bonds is 7. The molecule has 0 bridgehead atoms. The zero-order valence-electron chi connectivity index (χ0n) is 24.0. The summed E-state index contributed by atoms with van der Waals surface area (Å²) in [5.74, 6) is 1.88. The third-order valence-electron chi connectivity index (χ3n) is 8.47. The molecule has 0 spiro atoms. The molecule has 3 aromatic rings. The molecule has 6 rings (SSSR count). The van der Waals surface area contributed by atoms with Crippen molar-refractivity contribution in [2.75, 3.05) is 23.7 Å². The smallest absolute Gasteiger partial charge is 0.394 e. The van der Waals surface area contributed by atoms with Crippen molar-refractivity contribution in [2.45, 2.75) is 95.3 Å². The normalized spacial score (nSPS) is 21.8. The molecule has 2 aromatic heterocycles. The number of hydrogen-bond acceptors (Lipinski definition) is 10. The first-order valence-electron chi connectivity index (χ1n) is 14.7. The number of carbonyl (C=O) groups excluding carboxylic acids is 1. The molecule has 3 heterocycles. The molecule has 0 atom stereocenters. The number of aromatic nitrogens is 4. The number of aryl methyl sites for hydroxylation is 1. The van der Waals surface area contributed by atoms with Gasteiger partial charge >= 0.3 is 6.16 Å². The van der Waals surface area contributed by atoms with Crippen molar-refractivity contribution >= 4 is 53.9 Å². The van der Waals surface area contributed by atoms with Crippen LogP contribution in [0.5, 0.6) is 5.75 Å². The van der Waals surface area contributed by atoms with Crippen LogP contribution in [0.3, 0.4) is 0 Å². The molecule has 1 saturated heterocycles. The molecule has 0 unspecified atom stereocenters. The van der Waals surface area contributed by atoms with Gasteiger partial charge in [-0.05, 0) is 70.4 Å². The van der Waals surface area contributed by atoms with Crippen LogP contribution in [0.4, 0.5) is 16.6 Å². The van der Waals surface area contributed by atoms with Gasteiger partial charge in [0.1, 0.15) is 5.75 Å². The molecule has 0 radical (unpaired) electrons. The van der Waals surface area contributed by atoms with Crippen molar-refractivity contribution in [2.24, 2.45) is 5.73 Å². The van der Waals surface area contributed by atoms with Gasteiger partial charge in [-0.2, -0.15) is 9.97 Å². The number of hydrogen-bond donors (Lipinski definition) is 3. The van der Waals surface area contributed by atoms with Gasteiger partial charge in [-0.1, -0.05) is 30.5 Å². The minimum absolute atomic E-state index is 0. The quantitative estimate of drug-likeness (QED) is 0.220. The van der Waals surface area contributed by atoms with E-state index in [0.29, 0.717) is 42.9 Å². The Balaban J connectivity index is 0.00000202. The summed E-state index contributed by atoms with van der Waals surface area (Å²) < 4.78 is 7.55. The van der Waals surface area contributed by atoms with Crippen LogP contribution in [-0.4, -0.2) is 62.0 Å². The second-order valence-corrected chi connectivity index (χ2v) is 11.5. The van der Waals surface area contributed by atoms with Crippen molar-refractivity contribution in [3.63, 3.8) is 0 Å². The zero-order valence-corrected chi connectivity index (χ0v) is 25.7. The van der Waals surface area contributed by atoms with Crippen molar-refractivity contribution in [3.8, 4) is 5.75 Å². The number of halogens is 2. The number of hydroxylamine groups is 2. The molecular formula is C29H42Cl2N8O3. The molecule has 13 heteroatoms. The Morgan fingerprint density at radius 1 is 0.905 bits per heavy atom. The lowest BCUT2D eigenvalue weighted by Crippen LogP contribution is -2.41. The Kier molecular flexibility index (Phi) is 11.1. The predicted molar refractivity (Wildman–Crippen MR) is 168 cm³/mol. The number of benzene rings is 1. The molecule has 2 aliphatic carbocycles. The third kappa shape index (κ3) is 7.75. The topological polar surface area (TPSA) is 132 Å². The first kappa shape index (κ1) is 32.1. The molecule has 42 heavy (non-hydrogen) atoms. The highest BCUT2D eigenvalue weighted by atomic mass is 35.5. The first-order valence-corrected chi connectivity index (χ1v) is 14.7. The summed E-state index contributed by atoms with van der Waals surface area (Å²) in [6, 6.07) is 8.54. The maximum atomic E-state index is 12.3. The van der Waals surface area contributed by atoms with E-state index < -0.39 is 6.16 Å². The van der Waals surface area contributed by atoms with Crippen LogP contribution in [-0.2, 0) is 4.84 Å². The maximum absolute atomic E-state index is 12.3. The van der Waals surface area contributed by atoms with Crippen molar-refractivity contribution < 1.29 is 14.4 Å². The minimum atomic E-state index is -0.718. The van der Waals surface area contributed by atoms with Gasteiger partial charge < -0.3 is 30.5 Å². The molecule has 0 amide bonds. The second-order valence-electron chi connectivity index (χ2n) is 11.5. The van der Waals surface area contributed by atoms with E-state index in [1.807, 2.05) is 25.4 Å². The zero-order chi connectivity index (χ0) is 27.5. The first-order chi connectivity index (χ1) is 19.5. The summed E-state index contributed by atoms with van der Waals surface area (Å²) in [5.41, 5.74) is 8.92. The number of nitrogens with zero attached hydrogens (tertiary/aromatic N) is 5. The average molecular weight is 622 g/mol. The van der Waals surface area contributed by atoms with E-state index in [0.717, 1.165) is 73.9 Å². The molecular weight excluding hydrogens is 579 g/mol. The van der Waals surface area contributed by atoms with E-state index >= 15 is 0 Å². The van der Waals surface area contributed by atoms with Crippen LogP contribution >= 0.6 is 24.8 Å². The fourth-order valence-corrected chi connectivity index (χ4v) is 6.09. The largest absolute Gasteiger partial charge is 0.533 e. The fraction of sp³-hybridized carbons (Fsp3) is 0.586. The van der Waals surface area contributed by atoms with E-state index in [2.05, 4.69) is 15.2 Å². The van der Waals surface area contributed by atoms with Crippen LogP contribution in [0.1, 0.15) is 75.8 Å². The van der Waals surface area contributed by atoms with E-state index in [9.17, 15) is 4.79 Å². The number of ether oxygens (including phenoxy) is 1. The molecule has 3 fully saturated rings. The van der Waals surface area contributed by atoms with E-state index in [1.54, 1.807) is 17.2 Å². The summed E-state index contributed by atoms with van der Waals surface area (Å²) >= 11 is 0. The minimum Gasteiger partial charge on any atom is -0.394 e. The lowest BCUT2D eigenvalue weighted by Gasteiger charge is -2.31. The number of nitrogens with one attached hydrogen (secondary N) is 2. The third-order valence-corrected chi connectivity index (χ3v) is 8.47. The van der Waals surface area contributed by atoms with E-state index in [4.69, 9.17) is 30.3 Å². The second kappa shape index (κ2) is 14.5. The summed E-state index contributed by atoms with van der Waals surface area (Å²) in [5, 5.41) is 8.90. The van der Waals surface area contributed by atoms with Gasteiger partial charge in [0.2, 0.25) is 5.95 Å². The highest BCUT2D eigenvalue weighted by Crippen LogP contribution is 2.34. The summed E-state index contributed by atoms with van der Waals surface area (Å²) in [7, 11) is 0. The van der Waals surface area contributed by atoms with Gasteiger partial charge in [-0.15, -0.1) is 29.9 Å². The average Bonchev–Trinajstić information content (AvgIpc) is 3.63. The Labute approximate surface area is 259 Å². The summed E-state index contributed by atoms with van der Waals surface area (Å²) in [6.07, 6.45) is 11.7. The molecule has 4 N–H and O–H groups in total. The Morgan fingerprint density at radius 2 is 1.57 bits per heavy atom. The monoisotopic (exact) mass is 620 g/mol. The molecule has 11 nitrogen and oxygen atoms in total. The van der Waals surface area contributed by atoms with Gasteiger partial charge in [0, 0.05) is 37.3 Å². The van der Waals surface area contributed by atoms with Gasteiger partial charge in [0.15, 0.2) is 17.0 Å². The standard InChI is InChI=1S/C29H40N8O3.2ClH/c1-19-6-12-24(13-7-19)39-29(38)40-36-16-14-22(15-17-36)32-26-25-27(37(18-31-25)23-4-2-3-5-23)35-28(34-26)33-21-10-8-20(30)9-11-21;;/h6-7,12-13,18,20-23H,2-5,8-11,14-17,30H2,1H3,(H2,32,33,34,35);2*1H. The Bertz CT molecular complexity index is 1300. The number of carbonyl (C=O) groups is 1. The van der Waals surface area contributed by atoms with Crippen molar-refractivity contribution in [1.29, 1.82) is 0 Å². The van der Waals surface area contributed by atoms with Gasteiger partial charge in [0.25, 0.3) is 0 Å². The highest BCUT2D eigenvalue weighted by molar-refractivity contribution is 5.86. The van der Waals surface area contributed by atoms with E-state index in [-0.39, 0.29) is 30.9 Å². The van der Waals surface area contributed by atoms with Gasteiger partial charge in [0.05, 0.1) is 6.33 Å². The molecule has 230 valence electrons. The summed E-state index contributed by atoms with van der Waals surface area (Å²) in [4.78, 5) is 32.3. The number of nitrogens with two attached hydrogens (primary N) is 1. The van der Waals surface area contributed by atoms with Crippen molar-refractivity contribution in [3.05, 3.63) is 36.2 Å².